The van der Waals surface area contributed by atoms with Gasteiger partial charge in [-0.05, 0) is 36.6 Å². The van der Waals surface area contributed by atoms with Gasteiger partial charge in [0.1, 0.15) is 0 Å². The molecule has 4 rings (SSSR count). The summed E-state index contributed by atoms with van der Waals surface area (Å²) in [5.74, 6) is -0.110. The van der Waals surface area contributed by atoms with Crippen molar-refractivity contribution >= 4 is 16.8 Å². The molecule has 1 unspecified atom stereocenters. The van der Waals surface area contributed by atoms with E-state index in [1.165, 1.54) is 15.7 Å². The lowest BCUT2D eigenvalue weighted by atomic mass is 9.99. The number of hydrogen-bond donors (Lipinski definition) is 2. The first-order valence-electron chi connectivity index (χ1n) is 10.3. The molecule has 2 heterocycles. The van der Waals surface area contributed by atoms with Crippen LogP contribution in [0.3, 0.4) is 0 Å². The van der Waals surface area contributed by atoms with E-state index in [9.17, 15) is 14.4 Å². The van der Waals surface area contributed by atoms with Crippen molar-refractivity contribution < 1.29 is 4.79 Å². The third kappa shape index (κ3) is 4.21. The normalized spacial score (nSPS) is 15.0. The van der Waals surface area contributed by atoms with Crippen LogP contribution in [0.25, 0.3) is 10.9 Å². The van der Waals surface area contributed by atoms with E-state index in [4.69, 9.17) is 0 Å². The molecule has 0 aliphatic carbocycles. The molecule has 0 spiro atoms. The number of rotatable bonds is 6. The van der Waals surface area contributed by atoms with E-state index in [0.717, 1.165) is 19.5 Å². The Hall–Kier alpha value is -3.19. The number of aromatic amines is 1. The second-order valence-corrected chi connectivity index (χ2v) is 7.82. The van der Waals surface area contributed by atoms with Crippen molar-refractivity contribution in [3.05, 3.63) is 80.5 Å². The van der Waals surface area contributed by atoms with Gasteiger partial charge in [-0.3, -0.25) is 24.0 Å². The summed E-state index contributed by atoms with van der Waals surface area (Å²) >= 11 is 0. The number of H-pyrrole nitrogens is 1. The number of carbonyl (C=O) groups is 1. The van der Waals surface area contributed by atoms with Crippen LogP contribution in [-0.2, 0) is 24.3 Å². The highest BCUT2D eigenvalue weighted by Gasteiger charge is 2.20. The highest BCUT2D eigenvalue weighted by atomic mass is 16.2. The number of nitrogens with zero attached hydrogens (tertiary/aromatic N) is 2. The molecule has 1 amide bonds. The minimum absolute atomic E-state index is 0.110. The second-order valence-electron chi connectivity index (χ2n) is 7.82. The minimum atomic E-state index is -0.494. The number of benzene rings is 2. The van der Waals surface area contributed by atoms with Crippen LogP contribution in [0, 0.1) is 0 Å². The number of aromatic nitrogens is 2. The summed E-state index contributed by atoms with van der Waals surface area (Å²) in [5.41, 5.74) is 2.40. The van der Waals surface area contributed by atoms with Crippen LogP contribution in [0.15, 0.2) is 58.1 Å². The van der Waals surface area contributed by atoms with Crippen molar-refractivity contribution in [2.75, 3.05) is 13.1 Å². The van der Waals surface area contributed by atoms with E-state index in [-0.39, 0.29) is 24.9 Å². The van der Waals surface area contributed by atoms with Crippen LogP contribution < -0.4 is 16.6 Å². The predicted molar refractivity (Wildman–Crippen MR) is 116 cm³/mol. The Bertz CT molecular complexity index is 1180. The van der Waals surface area contributed by atoms with Gasteiger partial charge in [0.15, 0.2) is 0 Å². The van der Waals surface area contributed by atoms with Crippen molar-refractivity contribution in [1.82, 2.24) is 19.8 Å². The average Bonchev–Trinajstić information content (AvgIpc) is 2.77. The molecule has 7 nitrogen and oxygen atoms in total. The van der Waals surface area contributed by atoms with Crippen molar-refractivity contribution in [3.8, 4) is 0 Å². The first-order valence-corrected chi connectivity index (χ1v) is 10.3. The number of para-hydroxylation sites is 1. The monoisotopic (exact) mass is 406 g/mol. The Morgan fingerprint density at radius 1 is 1.10 bits per heavy atom. The minimum Gasteiger partial charge on any atom is -0.354 e. The van der Waals surface area contributed by atoms with Crippen LogP contribution in [0.2, 0.25) is 0 Å². The maximum atomic E-state index is 12.4. The number of carbonyl (C=O) groups excluding carboxylic acids is 1. The van der Waals surface area contributed by atoms with Gasteiger partial charge in [-0.15, -0.1) is 0 Å². The topological polar surface area (TPSA) is 87.2 Å². The lowest BCUT2D eigenvalue weighted by Gasteiger charge is -2.33. The van der Waals surface area contributed by atoms with Crippen LogP contribution >= 0.6 is 0 Å². The molecule has 3 aromatic rings. The number of nitrogens with one attached hydrogen (secondary N) is 2. The van der Waals surface area contributed by atoms with E-state index >= 15 is 0 Å². The zero-order valence-electron chi connectivity index (χ0n) is 17.1. The average molecular weight is 406 g/mol. The summed E-state index contributed by atoms with van der Waals surface area (Å²) in [4.78, 5) is 41.2. The largest absolute Gasteiger partial charge is 0.354 e. The van der Waals surface area contributed by atoms with Crippen LogP contribution in [0.1, 0.15) is 24.5 Å². The Morgan fingerprint density at radius 2 is 1.83 bits per heavy atom. The molecule has 7 heteroatoms. The first kappa shape index (κ1) is 20.1. The molecule has 0 bridgehead atoms. The maximum Gasteiger partial charge on any atom is 0.328 e. The van der Waals surface area contributed by atoms with Crippen LogP contribution in [0.5, 0.6) is 0 Å². The summed E-state index contributed by atoms with van der Waals surface area (Å²) in [6.45, 7) is 4.77. The van der Waals surface area contributed by atoms with E-state index in [0.29, 0.717) is 17.4 Å². The van der Waals surface area contributed by atoms with E-state index in [2.05, 4.69) is 46.4 Å². The molecule has 0 fully saturated rings. The van der Waals surface area contributed by atoms with Gasteiger partial charge >= 0.3 is 5.69 Å². The van der Waals surface area contributed by atoms with Gasteiger partial charge in [-0.2, -0.15) is 0 Å². The van der Waals surface area contributed by atoms with Crippen molar-refractivity contribution in [1.29, 1.82) is 0 Å². The number of hydrogen-bond acceptors (Lipinski definition) is 4. The van der Waals surface area contributed by atoms with Crippen LogP contribution in [0.4, 0.5) is 0 Å². The van der Waals surface area contributed by atoms with Crippen molar-refractivity contribution in [2.24, 2.45) is 0 Å². The number of amides is 1. The first-order chi connectivity index (χ1) is 14.5. The molecule has 1 aliphatic heterocycles. The summed E-state index contributed by atoms with van der Waals surface area (Å²) in [6, 6.07) is 15.6. The zero-order valence-corrected chi connectivity index (χ0v) is 17.1. The number of fused-ring (bicyclic) bond motifs is 2. The van der Waals surface area contributed by atoms with Gasteiger partial charge in [-0.25, -0.2) is 4.79 Å². The standard InChI is InChI=1S/C23H26N4O3/c1-16(26-12-10-17-6-2-3-7-18(17)15-26)14-24-21(28)11-13-27-20-9-5-4-8-19(20)22(29)25-23(27)30/h2-9,16H,10-15H2,1H3,(H,24,28)(H,25,29,30). The summed E-state index contributed by atoms with van der Waals surface area (Å²) < 4.78 is 1.45. The quantitative estimate of drug-likeness (QED) is 0.652. The third-order valence-corrected chi connectivity index (χ3v) is 5.85. The number of aryl methyl sites for hydroxylation is 1. The van der Waals surface area contributed by atoms with Gasteiger partial charge in [0.05, 0.1) is 10.9 Å². The third-order valence-electron chi connectivity index (χ3n) is 5.85. The maximum absolute atomic E-state index is 12.4. The molecular formula is C23H26N4O3. The fourth-order valence-corrected chi connectivity index (χ4v) is 4.05. The van der Waals surface area contributed by atoms with Crippen molar-refractivity contribution in [2.45, 2.75) is 38.9 Å². The summed E-state index contributed by atoms with van der Waals surface area (Å²) in [5, 5.41) is 3.43. The smallest absolute Gasteiger partial charge is 0.328 e. The van der Waals surface area contributed by atoms with Crippen LogP contribution in [-0.4, -0.2) is 39.5 Å². The molecule has 156 valence electrons. The van der Waals surface area contributed by atoms with Gasteiger partial charge in [0.2, 0.25) is 5.91 Å². The lowest BCUT2D eigenvalue weighted by Crippen LogP contribution is -2.44. The van der Waals surface area contributed by atoms with Gasteiger partial charge < -0.3 is 5.32 Å². The molecule has 1 aliphatic rings. The summed E-state index contributed by atoms with van der Waals surface area (Å²) in [7, 11) is 0. The fraction of sp³-hybridized carbons (Fsp3) is 0.348. The Kier molecular flexibility index (Phi) is 5.81. The van der Waals surface area contributed by atoms with E-state index in [1.54, 1.807) is 24.3 Å². The SMILES string of the molecule is CC(CNC(=O)CCn1c(=O)[nH]c(=O)c2ccccc21)N1CCc2ccccc2C1. The van der Waals surface area contributed by atoms with Gasteiger partial charge in [0, 0.05) is 38.6 Å². The summed E-state index contributed by atoms with van der Waals surface area (Å²) in [6.07, 6.45) is 1.20. The molecule has 1 aromatic heterocycles. The van der Waals surface area contributed by atoms with E-state index < -0.39 is 11.2 Å². The molecule has 2 N–H and O–H groups in total. The Balaban J connectivity index is 1.33. The highest BCUT2D eigenvalue weighted by Crippen LogP contribution is 2.20. The van der Waals surface area contributed by atoms with Crippen molar-refractivity contribution in [3.63, 3.8) is 0 Å². The zero-order chi connectivity index (χ0) is 21.1. The molecule has 0 saturated carbocycles. The Morgan fingerprint density at radius 3 is 2.67 bits per heavy atom. The van der Waals surface area contributed by atoms with Gasteiger partial charge in [-0.1, -0.05) is 36.4 Å². The predicted octanol–water partition coefficient (Wildman–Crippen LogP) is 1.64. The molecule has 0 saturated heterocycles. The molecule has 30 heavy (non-hydrogen) atoms. The molecule has 2 aromatic carbocycles. The highest BCUT2D eigenvalue weighted by molar-refractivity contribution is 5.78. The Labute approximate surface area is 174 Å². The van der Waals surface area contributed by atoms with Gasteiger partial charge in [0.25, 0.3) is 5.56 Å². The molecule has 0 radical (unpaired) electrons. The fourth-order valence-electron chi connectivity index (χ4n) is 4.05. The lowest BCUT2D eigenvalue weighted by molar-refractivity contribution is -0.121. The van der Waals surface area contributed by atoms with E-state index in [1.807, 2.05) is 0 Å². The second kappa shape index (κ2) is 8.67. The molecule has 1 atom stereocenters. The molecular weight excluding hydrogens is 380 g/mol.